The number of carbonyl (C=O) groups is 1. The lowest BCUT2D eigenvalue weighted by atomic mass is 10.1. The van der Waals surface area contributed by atoms with E-state index < -0.39 is 5.97 Å². The zero-order valence-corrected chi connectivity index (χ0v) is 10.1. The summed E-state index contributed by atoms with van der Waals surface area (Å²) in [5.74, 6) is -0.994. The predicted octanol–water partition coefficient (Wildman–Crippen LogP) is 3.29. The highest BCUT2D eigenvalue weighted by Gasteiger charge is 2.22. The van der Waals surface area contributed by atoms with Gasteiger partial charge in [-0.15, -0.1) is 0 Å². The van der Waals surface area contributed by atoms with Gasteiger partial charge in [-0.1, -0.05) is 23.2 Å². The molecule has 0 aromatic heterocycles. The molecule has 1 saturated heterocycles. The first kappa shape index (κ1) is 11.6. The Balaban J connectivity index is 2.52. The van der Waals surface area contributed by atoms with Gasteiger partial charge in [-0.3, -0.25) is 0 Å². The van der Waals surface area contributed by atoms with Crippen molar-refractivity contribution in [1.82, 2.24) is 0 Å². The number of carboxylic acids is 1. The summed E-state index contributed by atoms with van der Waals surface area (Å²) in [6, 6.07) is 3.03. The monoisotopic (exact) mass is 259 g/mol. The van der Waals surface area contributed by atoms with Crippen molar-refractivity contribution in [3.05, 3.63) is 27.7 Å². The van der Waals surface area contributed by atoms with E-state index in [1.165, 1.54) is 6.07 Å². The first-order chi connectivity index (χ1) is 7.59. The zero-order valence-electron chi connectivity index (χ0n) is 8.54. The highest BCUT2D eigenvalue weighted by atomic mass is 35.5. The molecule has 0 aliphatic carbocycles. The van der Waals surface area contributed by atoms with E-state index in [4.69, 9.17) is 28.3 Å². The average molecular weight is 260 g/mol. The second kappa shape index (κ2) is 4.52. The van der Waals surface area contributed by atoms with Gasteiger partial charge in [0, 0.05) is 18.1 Å². The Bertz CT molecular complexity index is 428. The number of aromatic carboxylic acids is 1. The third-order valence-electron chi connectivity index (χ3n) is 2.68. The van der Waals surface area contributed by atoms with E-state index in [0.717, 1.165) is 25.9 Å². The van der Waals surface area contributed by atoms with Gasteiger partial charge in [-0.25, -0.2) is 4.79 Å². The van der Waals surface area contributed by atoms with Crippen molar-refractivity contribution in [3.8, 4) is 0 Å². The fourth-order valence-electron chi connectivity index (χ4n) is 1.99. The van der Waals surface area contributed by atoms with Crippen molar-refractivity contribution >= 4 is 34.9 Å². The van der Waals surface area contributed by atoms with Crippen LogP contribution in [0.4, 0.5) is 5.69 Å². The second-order valence-electron chi connectivity index (χ2n) is 3.78. The molecule has 0 saturated carbocycles. The molecule has 1 fully saturated rings. The predicted molar refractivity (Wildman–Crippen MR) is 64.9 cm³/mol. The van der Waals surface area contributed by atoms with Crippen LogP contribution in [0.3, 0.4) is 0 Å². The number of rotatable bonds is 2. The van der Waals surface area contributed by atoms with Crippen molar-refractivity contribution in [1.29, 1.82) is 0 Å². The lowest BCUT2D eigenvalue weighted by Gasteiger charge is -2.21. The Morgan fingerprint density at radius 1 is 1.25 bits per heavy atom. The number of benzene rings is 1. The van der Waals surface area contributed by atoms with Crippen LogP contribution in [-0.4, -0.2) is 24.2 Å². The van der Waals surface area contributed by atoms with Gasteiger partial charge in [0.05, 0.1) is 16.3 Å². The first-order valence-electron chi connectivity index (χ1n) is 5.07. The molecule has 2 rings (SSSR count). The molecule has 1 aliphatic rings. The molecule has 0 radical (unpaired) electrons. The van der Waals surface area contributed by atoms with E-state index in [1.54, 1.807) is 6.07 Å². The van der Waals surface area contributed by atoms with Gasteiger partial charge in [0.25, 0.3) is 0 Å². The number of carboxylic acid groups (broad SMARTS) is 1. The van der Waals surface area contributed by atoms with E-state index in [2.05, 4.69) is 0 Å². The molecule has 0 amide bonds. The topological polar surface area (TPSA) is 40.5 Å². The molecule has 0 bridgehead atoms. The Hall–Kier alpha value is -0.930. The average Bonchev–Trinajstić information content (AvgIpc) is 2.69. The molecule has 0 unspecified atom stereocenters. The van der Waals surface area contributed by atoms with Crippen LogP contribution in [0.1, 0.15) is 23.2 Å². The van der Waals surface area contributed by atoms with Gasteiger partial charge < -0.3 is 10.0 Å². The number of anilines is 1. The SMILES string of the molecule is O=C(O)c1cc(Cl)cc(Cl)c1N1CCCC1. The fourth-order valence-corrected chi connectivity index (χ4v) is 2.60. The zero-order chi connectivity index (χ0) is 11.7. The third-order valence-corrected chi connectivity index (χ3v) is 3.19. The lowest BCUT2D eigenvalue weighted by molar-refractivity contribution is 0.0697. The molecule has 0 spiro atoms. The summed E-state index contributed by atoms with van der Waals surface area (Å²) in [7, 11) is 0. The summed E-state index contributed by atoms with van der Waals surface area (Å²) < 4.78 is 0. The van der Waals surface area contributed by atoms with E-state index in [1.807, 2.05) is 4.90 Å². The number of hydrogen-bond donors (Lipinski definition) is 1. The highest BCUT2D eigenvalue weighted by Crippen LogP contribution is 2.35. The summed E-state index contributed by atoms with van der Waals surface area (Å²) in [5, 5.41) is 9.89. The fraction of sp³-hybridized carbons (Fsp3) is 0.364. The minimum atomic E-state index is -0.994. The maximum Gasteiger partial charge on any atom is 0.337 e. The molecule has 16 heavy (non-hydrogen) atoms. The molecule has 3 nitrogen and oxygen atoms in total. The third kappa shape index (κ3) is 2.11. The van der Waals surface area contributed by atoms with Gasteiger partial charge in [-0.2, -0.15) is 0 Å². The molecular formula is C11H11Cl2NO2. The summed E-state index contributed by atoms with van der Waals surface area (Å²) >= 11 is 11.9. The number of hydrogen-bond acceptors (Lipinski definition) is 2. The summed E-state index contributed by atoms with van der Waals surface area (Å²) in [6.45, 7) is 1.70. The molecule has 0 atom stereocenters. The normalized spacial score (nSPS) is 15.5. The van der Waals surface area contributed by atoms with Crippen molar-refractivity contribution in [2.45, 2.75) is 12.8 Å². The smallest absolute Gasteiger partial charge is 0.337 e. The minimum absolute atomic E-state index is 0.180. The molecule has 1 aromatic rings. The molecule has 1 heterocycles. The van der Waals surface area contributed by atoms with Crippen LogP contribution < -0.4 is 4.90 Å². The van der Waals surface area contributed by atoms with E-state index in [-0.39, 0.29) is 5.56 Å². The van der Waals surface area contributed by atoms with Crippen molar-refractivity contribution in [2.75, 3.05) is 18.0 Å². The van der Waals surface area contributed by atoms with Gasteiger partial charge in [0.1, 0.15) is 0 Å². The summed E-state index contributed by atoms with van der Waals surface area (Å²) in [4.78, 5) is 13.1. The standard InChI is InChI=1S/C11H11Cl2NO2/c12-7-5-8(11(15)16)10(9(13)6-7)14-3-1-2-4-14/h5-6H,1-4H2,(H,15,16). The lowest BCUT2D eigenvalue weighted by Crippen LogP contribution is -2.21. The van der Waals surface area contributed by atoms with Crippen molar-refractivity contribution in [2.24, 2.45) is 0 Å². The van der Waals surface area contributed by atoms with Crippen molar-refractivity contribution < 1.29 is 9.90 Å². The molecule has 86 valence electrons. The largest absolute Gasteiger partial charge is 0.478 e. The molecule has 1 aromatic carbocycles. The number of halogens is 2. The van der Waals surface area contributed by atoms with Gasteiger partial charge in [0.15, 0.2) is 0 Å². The van der Waals surface area contributed by atoms with E-state index in [0.29, 0.717) is 15.7 Å². The summed E-state index contributed by atoms with van der Waals surface area (Å²) in [6.07, 6.45) is 2.13. The van der Waals surface area contributed by atoms with Crippen molar-refractivity contribution in [3.63, 3.8) is 0 Å². The highest BCUT2D eigenvalue weighted by molar-refractivity contribution is 6.37. The van der Waals surface area contributed by atoms with E-state index in [9.17, 15) is 4.79 Å². The molecule has 1 aliphatic heterocycles. The number of nitrogens with zero attached hydrogens (tertiary/aromatic N) is 1. The van der Waals surface area contributed by atoms with Gasteiger partial charge in [0.2, 0.25) is 0 Å². The Morgan fingerprint density at radius 3 is 2.44 bits per heavy atom. The molecule has 1 N–H and O–H groups in total. The Morgan fingerprint density at radius 2 is 1.88 bits per heavy atom. The second-order valence-corrected chi connectivity index (χ2v) is 4.63. The maximum atomic E-state index is 11.1. The van der Waals surface area contributed by atoms with Crippen LogP contribution in [0.15, 0.2) is 12.1 Å². The van der Waals surface area contributed by atoms with Crippen LogP contribution in [0.5, 0.6) is 0 Å². The quantitative estimate of drug-likeness (QED) is 0.886. The minimum Gasteiger partial charge on any atom is -0.478 e. The summed E-state index contributed by atoms with van der Waals surface area (Å²) in [5.41, 5.74) is 0.774. The molecular weight excluding hydrogens is 249 g/mol. The van der Waals surface area contributed by atoms with Crippen LogP contribution >= 0.6 is 23.2 Å². The molecule has 5 heteroatoms. The van der Waals surface area contributed by atoms with Crippen LogP contribution in [0, 0.1) is 0 Å². The Kier molecular flexibility index (Phi) is 3.26. The van der Waals surface area contributed by atoms with Crippen LogP contribution in [-0.2, 0) is 0 Å². The Labute approximate surface area is 104 Å². The maximum absolute atomic E-state index is 11.1. The van der Waals surface area contributed by atoms with E-state index >= 15 is 0 Å². The van der Waals surface area contributed by atoms with Crippen LogP contribution in [0.25, 0.3) is 0 Å². The first-order valence-corrected chi connectivity index (χ1v) is 5.82. The van der Waals surface area contributed by atoms with Gasteiger partial charge in [-0.05, 0) is 25.0 Å². The van der Waals surface area contributed by atoms with Crippen LogP contribution in [0.2, 0.25) is 10.0 Å². The van der Waals surface area contributed by atoms with Gasteiger partial charge >= 0.3 is 5.97 Å².